The summed E-state index contributed by atoms with van der Waals surface area (Å²) < 4.78 is 41.5. The summed E-state index contributed by atoms with van der Waals surface area (Å²) in [5, 5.41) is 2.43. The Morgan fingerprint density at radius 3 is 2.40 bits per heavy atom. The molecule has 2 aromatic rings. The van der Waals surface area contributed by atoms with Crippen LogP contribution >= 0.6 is 0 Å². The van der Waals surface area contributed by atoms with Gasteiger partial charge in [0.15, 0.2) is 6.04 Å². The molecule has 1 fully saturated rings. The highest BCUT2D eigenvalue weighted by Gasteiger charge is 2.47. The van der Waals surface area contributed by atoms with Crippen molar-refractivity contribution in [2.75, 3.05) is 6.54 Å². The molecule has 1 saturated heterocycles. The van der Waals surface area contributed by atoms with Crippen LogP contribution in [-0.4, -0.2) is 23.6 Å². The van der Waals surface area contributed by atoms with Crippen molar-refractivity contribution in [2.24, 2.45) is 5.92 Å². The van der Waals surface area contributed by atoms with Crippen LogP contribution in [0.5, 0.6) is 0 Å². The van der Waals surface area contributed by atoms with Gasteiger partial charge in [-0.3, -0.25) is 10.2 Å². The van der Waals surface area contributed by atoms with E-state index in [1.54, 1.807) is 18.2 Å². The van der Waals surface area contributed by atoms with Crippen molar-refractivity contribution in [1.82, 2.24) is 10.4 Å². The van der Waals surface area contributed by atoms with Gasteiger partial charge in [-0.25, -0.2) is 5.01 Å². The second kappa shape index (κ2) is 6.67. The van der Waals surface area contributed by atoms with Crippen molar-refractivity contribution >= 4 is 16.7 Å². The van der Waals surface area contributed by atoms with Crippen LogP contribution in [0.1, 0.15) is 37.4 Å². The molecule has 1 N–H and O–H groups in total. The van der Waals surface area contributed by atoms with Crippen molar-refractivity contribution < 1.29 is 18.0 Å². The second-order valence-corrected chi connectivity index (χ2v) is 6.88. The van der Waals surface area contributed by atoms with Crippen LogP contribution in [0.4, 0.5) is 13.2 Å². The van der Waals surface area contributed by atoms with Gasteiger partial charge in [0.25, 0.3) is 0 Å². The fourth-order valence-corrected chi connectivity index (χ4v) is 3.46. The van der Waals surface area contributed by atoms with Gasteiger partial charge in [-0.15, -0.1) is 0 Å². The number of alkyl halides is 3. The maximum Gasteiger partial charge on any atom is 0.409 e. The molecule has 0 bridgehead atoms. The van der Waals surface area contributed by atoms with Gasteiger partial charge < -0.3 is 0 Å². The van der Waals surface area contributed by atoms with Crippen LogP contribution in [0.15, 0.2) is 36.4 Å². The number of hydrazine groups is 1. The van der Waals surface area contributed by atoms with Crippen molar-refractivity contribution in [3.05, 3.63) is 47.5 Å². The number of fused-ring (bicyclic) bond motifs is 1. The van der Waals surface area contributed by atoms with E-state index < -0.39 is 12.2 Å². The van der Waals surface area contributed by atoms with E-state index in [0.29, 0.717) is 11.3 Å². The van der Waals surface area contributed by atoms with Crippen LogP contribution in [0.3, 0.4) is 0 Å². The number of rotatable bonds is 4. The molecule has 1 amide bonds. The first-order valence-corrected chi connectivity index (χ1v) is 8.40. The Kier molecular flexibility index (Phi) is 4.73. The van der Waals surface area contributed by atoms with E-state index in [0.717, 1.165) is 22.4 Å². The zero-order chi connectivity index (χ0) is 18.2. The summed E-state index contributed by atoms with van der Waals surface area (Å²) in [7, 11) is 0. The lowest BCUT2D eigenvalue weighted by Gasteiger charge is -2.30. The number of nitrogens with one attached hydrogen (secondary N) is 1. The zero-order valence-corrected chi connectivity index (χ0v) is 14.2. The molecule has 6 heteroatoms. The monoisotopic (exact) mass is 350 g/mol. The summed E-state index contributed by atoms with van der Waals surface area (Å²) >= 11 is 0. The minimum Gasteiger partial charge on any atom is -0.288 e. The molecule has 1 heterocycles. The smallest absolute Gasteiger partial charge is 0.288 e. The summed E-state index contributed by atoms with van der Waals surface area (Å²) in [6.45, 7) is 4.22. The first-order valence-electron chi connectivity index (χ1n) is 8.40. The fourth-order valence-electron chi connectivity index (χ4n) is 3.46. The second-order valence-electron chi connectivity index (χ2n) is 6.88. The van der Waals surface area contributed by atoms with Gasteiger partial charge in [-0.1, -0.05) is 50.2 Å². The Hall–Kier alpha value is -2.08. The summed E-state index contributed by atoms with van der Waals surface area (Å²) in [5.74, 6) is 0.0283. The van der Waals surface area contributed by atoms with E-state index in [-0.39, 0.29) is 24.4 Å². The van der Waals surface area contributed by atoms with E-state index >= 15 is 0 Å². The van der Waals surface area contributed by atoms with Gasteiger partial charge in [0.1, 0.15) is 0 Å². The molecule has 1 aliphatic rings. The highest BCUT2D eigenvalue weighted by molar-refractivity contribution is 5.89. The normalized spacial score (nSPS) is 17.3. The third-order valence-corrected chi connectivity index (χ3v) is 4.44. The third kappa shape index (κ3) is 3.63. The van der Waals surface area contributed by atoms with Crippen LogP contribution in [0, 0.1) is 5.92 Å². The number of carbonyl (C=O) groups is 1. The van der Waals surface area contributed by atoms with Gasteiger partial charge >= 0.3 is 6.18 Å². The van der Waals surface area contributed by atoms with E-state index in [2.05, 4.69) is 19.3 Å². The molecule has 1 atom stereocenters. The minimum absolute atomic E-state index is 0.0467. The molecule has 1 aliphatic heterocycles. The third-order valence-electron chi connectivity index (χ3n) is 4.44. The molecule has 0 aliphatic carbocycles. The molecule has 2 aromatic carbocycles. The molecule has 0 aromatic heterocycles. The summed E-state index contributed by atoms with van der Waals surface area (Å²) in [6, 6.07) is 8.68. The molecule has 3 nitrogen and oxygen atoms in total. The number of halogens is 3. The average Bonchev–Trinajstić information content (AvgIpc) is 2.92. The van der Waals surface area contributed by atoms with E-state index in [9.17, 15) is 18.0 Å². The lowest BCUT2D eigenvalue weighted by molar-refractivity contribution is -0.190. The quantitative estimate of drug-likeness (QED) is 0.888. The van der Waals surface area contributed by atoms with Gasteiger partial charge in [-0.05, 0) is 34.2 Å². The van der Waals surface area contributed by atoms with Gasteiger partial charge in [0, 0.05) is 13.0 Å². The van der Waals surface area contributed by atoms with E-state index in [1.807, 2.05) is 12.1 Å². The predicted molar refractivity (Wildman–Crippen MR) is 90.8 cm³/mol. The highest BCUT2D eigenvalue weighted by Crippen LogP contribution is 2.41. The Morgan fingerprint density at radius 2 is 1.80 bits per heavy atom. The lowest BCUT2D eigenvalue weighted by Crippen LogP contribution is -2.43. The van der Waals surface area contributed by atoms with Crippen molar-refractivity contribution in [3.8, 4) is 0 Å². The number of hydrogen-bond acceptors (Lipinski definition) is 2. The maximum atomic E-state index is 13.8. The molecule has 25 heavy (non-hydrogen) atoms. The Bertz CT molecular complexity index is 786. The molecule has 0 radical (unpaired) electrons. The molecule has 134 valence electrons. The summed E-state index contributed by atoms with van der Waals surface area (Å²) in [4.78, 5) is 11.4. The zero-order valence-electron chi connectivity index (χ0n) is 14.2. The first kappa shape index (κ1) is 17.7. The summed E-state index contributed by atoms with van der Waals surface area (Å²) in [5.41, 5.74) is 3.57. The number of benzene rings is 2. The predicted octanol–water partition coefficient (Wildman–Crippen LogP) is 4.38. The number of carbonyl (C=O) groups excluding carboxylic acids is 1. The van der Waals surface area contributed by atoms with Crippen LogP contribution in [-0.2, 0) is 11.2 Å². The Morgan fingerprint density at radius 1 is 1.12 bits per heavy atom. The molecular weight excluding hydrogens is 329 g/mol. The van der Waals surface area contributed by atoms with Crippen molar-refractivity contribution in [1.29, 1.82) is 0 Å². The first-order chi connectivity index (χ1) is 11.8. The number of amides is 1. The highest BCUT2D eigenvalue weighted by atomic mass is 19.4. The Labute approximate surface area is 144 Å². The largest absolute Gasteiger partial charge is 0.409 e. The van der Waals surface area contributed by atoms with Gasteiger partial charge in [0.05, 0.1) is 0 Å². The lowest BCUT2D eigenvalue weighted by atomic mass is 9.92. The molecule has 0 spiro atoms. The average molecular weight is 350 g/mol. The number of nitrogens with zero attached hydrogens (tertiary/aromatic N) is 1. The SMILES string of the molecule is CC(C)Cc1cccc2c(C(N3CCC(=O)N3)C(F)(F)F)cccc12. The van der Waals surface area contributed by atoms with Crippen LogP contribution in [0.25, 0.3) is 10.8 Å². The van der Waals surface area contributed by atoms with Gasteiger partial charge in [-0.2, -0.15) is 13.2 Å². The molecular formula is C19H21F3N2O. The van der Waals surface area contributed by atoms with Crippen molar-refractivity contribution in [2.45, 2.75) is 38.9 Å². The maximum absolute atomic E-state index is 13.8. The summed E-state index contributed by atoms with van der Waals surface area (Å²) in [6.07, 6.45) is -3.60. The molecule has 3 rings (SSSR count). The number of hydrogen-bond donors (Lipinski definition) is 1. The van der Waals surface area contributed by atoms with Crippen LogP contribution < -0.4 is 5.43 Å². The topological polar surface area (TPSA) is 32.3 Å². The van der Waals surface area contributed by atoms with E-state index in [1.165, 1.54) is 6.07 Å². The van der Waals surface area contributed by atoms with Gasteiger partial charge in [0.2, 0.25) is 5.91 Å². The Balaban J connectivity index is 2.13. The van der Waals surface area contributed by atoms with Crippen molar-refractivity contribution in [3.63, 3.8) is 0 Å². The molecule has 0 saturated carbocycles. The fraction of sp³-hybridized carbons (Fsp3) is 0.421. The standard InChI is InChI=1S/C19H21F3N2O/c1-12(2)11-13-5-3-7-15-14(13)6-4-8-16(15)18(19(20,21)22)24-10-9-17(25)23-24/h3-8,12,18H,9-11H2,1-2H3,(H,23,25). The van der Waals surface area contributed by atoms with E-state index in [4.69, 9.17) is 0 Å². The van der Waals surface area contributed by atoms with Crippen LogP contribution in [0.2, 0.25) is 0 Å². The molecule has 1 unspecified atom stereocenters. The minimum atomic E-state index is -4.49.